The average Bonchev–Trinajstić information content (AvgIpc) is 3.40. The van der Waals surface area contributed by atoms with E-state index in [1.54, 1.807) is 17.5 Å². The van der Waals surface area contributed by atoms with Gasteiger partial charge in [-0.2, -0.15) is 0 Å². The number of carbonyl (C=O) groups excluding carboxylic acids is 2. The zero-order valence-corrected chi connectivity index (χ0v) is 19.5. The van der Waals surface area contributed by atoms with Crippen LogP contribution in [0, 0.1) is 0 Å². The van der Waals surface area contributed by atoms with E-state index in [1.165, 1.54) is 29.8 Å². The zero-order chi connectivity index (χ0) is 22.2. The molecule has 0 saturated heterocycles. The molecule has 10 heteroatoms. The van der Waals surface area contributed by atoms with Crippen LogP contribution in [-0.4, -0.2) is 30.5 Å². The van der Waals surface area contributed by atoms with Gasteiger partial charge < -0.3 is 20.1 Å². The summed E-state index contributed by atoms with van der Waals surface area (Å²) in [5, 5.41) is 10.2. The van der Waals surface area contributed by atoms with Crippen molar-refractivity contribution in [2.75, 3.05) is 19.0 Å². The summed E-state index contributed by atoms with van der Waals surface area (Å²) in [5.41, 5.74) is 1.38. The molecule has 0 atom stereocenters. The summed E-state index contributed by atoms with van der Waals surface area (Å²) in [7, 11) is 1.54. The number of aromatic nitrogens is 1. The van der Waals surface area contributed by atoms with Gasteiger partial charge in [0.2, 0.25) is 11.8 Å². The van der Waals surface area contributed by atoms with E-state index in [0.29, 0.717) is 40.4 Å². The number of thiophene rings is 1. The molecule has 0 unspecified atom stereocenters. The summed E-state index contributed by atoms with van der Waals surface area (Å²) in [6.07, 6.45) is 0.417. The van der Waals surface area contributed by atoms with Crippen LogP contribution in [0.3, 0.4) is 0 Å². The average molecular weight is 480 g/mol. The van der Waals surface area contributed by atoms with Crippen molar-refractivity contribution in [3.05, 3.63) is 56.2 Å². The van der Waals surface area contributed by atoms with Crippen LogP contribution < -0.4 is 20.1 Å². The van der Waals surface area contributed by atoms with E-state index in [2.05, 4.69) is 15.6 Å². The first kappa shape index (κ1) is 23.1. The molecule has 0 bridgehead atoms. The highest BCUT2D eigenvalue weighted by atomic mass is 35.5. The van der Waals surface area contributed by atoms with Crippen molar-refractivity contribution in [1.82, 2.24) is 10.3 Å². The van der Waals surface area contributed by atoms with Gasteiger partial charge in [0, 0.05) is 16.8 Å². The SMILES string of the molecule is CCOc1c(Cl)cc(CNC(=O)Cc2csc(NC(=O)Cc3cccs3)n2)cc1OC. The van der Waals surface area contributed by atoms with Crippen molar-refractivity contribution in [1.29, 1.82) is 0 Å². The maximum Gasteiger partial charge on any atom is 0.231 e. The Balaban J connectivity index is 1.51. The third-order valence-electron chi connectivity index (χ3n) is 4.12. The fourth-order valence-electron chi connectivity index (χ4n) is 2.77. The second kappa shape index (κ2) is 11.1. The van der Waals surface area contributed by atoms with Crippen molar-refractivity contribution in [3.63, 3.8) is 0 Å². The van der Waals surface area contributed by atoms with Gasteiger partial charge in [0.1, 0.15) is 0 Å². The number of ether oxygens (including phenoxy) is 2. The van der Waals surface area contributed by atoms with Gasteiger partial charge in [-0.05, 0) is 36.1 Å². The fraction of sp³-hybridized carbons (Fsp3) is 0.286. The molecule has 0 aliphatic heterocycles. The van der Waals surface area contributed by atoms with E-state index in [9.17, 15) is 9.59 Å². The van der Waals surface area contributed by atoms with Gasteiger partial charge in [0.15, 0.2) is 16.6 Å². The zero-order valence-electron chi connectivity index (χ0n) is 17.1. The lowest BCUT2D eigenvalue weighted by Gasteiger charge is -2.13. The molecule has 2 amide bonds. The Labute approximate surface area is 193 Å². The maximum absolute atomic E-state index is 12.3. The van der Waals surface area contributed by atoms with Crippen LogP contribution >= 0.6 is 34.3 Å². The number of hydrogen-bond donors (Lipinski definition) is 2. The predicted octanol–water partition coefficient (Wildman–Crippen LogP) is 4.31. The first-order valence-electron chi connectivity index (χ1n) is 9.51. The Kier molecular flexibility index (Phi) is 8.27. The van der Waals surface area contributed by atoms with Crippen LogP contribution in [-0.2, 0) is 29.0 Å². The number of thiazole rings is 1. The van der Waals surface area contributed by atoms with E-state index in [-0.39, 0.29) is 24.8 Å². The lowest BCUT2D eigenvalue weighted by atomic mass is 10.2. The predicted molar refractivity (Wildman–Crippen MR) is 123 cm³/mol. The number of nitrogens with one attached hydrogen (secondary N) is 2. The topological polar surface area (TPSA) is 89.6 Å². The number of halogens is 1. The Hall–Kier alpha value is -2.62. The molecule has 7 nitrogen and oxygen atoms in total. The quantitative estimate of drug-likeness (QED) is 0.452. The molecule has 2 heterocycles. The summed E-state index contributed by atoms with van der Waals surface area (Å²) in [6, 6.07) is 7.33. The first-order chi connectivity index (χ1) is 15.0. The number of rotatable bonds is 10. The molecule has 3 aromatic rings. The van der Waals surface area contributed by atoms with Gasteiger partial charge in [0.25, 0.3) is 0 Å². The minimum atomic E-state index is -0.189. The van der Waals surface area contributed by atoms with Gasteiger partial charge in [-0.25, -0.2) is 4.98 Å². The van der Waals surface area contributed by atoms with Gasteiger partial charge in [-0.3, -0.25) is 9.59 Å². The van der Waals surface area contributed by atoms with Crippen LogP contribution in [0.15, 0.2) is 35.0 Å². The highest BCUT2D eigenvalue weighted by Gasteiger charge is 2.14. The highest BCUT2D eigenvalue weighted by Crippen LogP contribution is 2.36. The Morgan fingerprint density at radius 3 is 2.74 bits per heavy atom. The van der Waals surface area contributed by atoms with Crippen molar-refractivity contribution in [2.45, 2.75) is 26.3 Å². The summed E-state index contributed by atoms with van der Waals surface area (Å²) in [6.45, 7) is 2.62. The lowest BCUT2D eigenvalue weighted by molar-refractivity contribution is -0.120. The van der Waals surface area contributed by atoms with Gasteiger partial charge >= 0.3 is 0 Å². The molecule has 0 aliphatic rings. The van der Waals surface area contributed by atoms with Gasteiger partial charge in [0.05, 0.1) is 37.3 Å². The Morgan fingerprint density at radius 1 is 1.19 bits per heavy atom. The fourth-order valence-corrected chi connectivity index (χ4v) is 4.49. The summed E-state index contributed by atoms with van der Waals surface area (Å²) >= 11 is 9.09. The number of anilines is 1. The molecular formula is C21H22ClN3O4S2. The Bertz CT molecular complexity index is 1040. The molecule has 0 fully saturated rings. The molecule has 0 saturated carbocycles. The third-order valence-corrected chi connectivity index (χ3v) is 6.09. The van der Waals surface area contributed by atoms with E-state index >= 15 is 0 Å². The molecule has 2 aromatic heterocycles. The van der Waals surface area contributed by atoms with Crippen LogP contribution in [0.4, 0.5) is 5.13 Å². The molecule has 0 spiro atoms. The second-order valence-corrected chi connectivity index (χ2v) is 8.74. The van der Waals surface area contributed by atoms with Crippen LogP contribution in [0.25, 0.3) is 0 Å². The molecule has 3 rings (SSSR count). The maximum atomic E-state index is 12.3. The van der Waals surface area contributed by atoms with Crippen LogP contribution in [0.5, 0.6) is 11.5 Å². The Morgan fingerprint density at radius 2 is 2.03 bits per heavy atom. The van der Waals surface area contributed by atoms with Crippen molar-refractivity contribution >= 4 is 51.2 Å². The summed E-state index contributed by atoms with van der Waals surface area (Å²) in [5.74, 6) is 0.679. The minimum Gasteiger partial charge on any atom is -0.493 e. The smallest absolute Gasteiger partial charge is 0.231 e. The monoisotopic (exact) mass is 479 g/mol. The highest BCUT2D eigenvalue weighted by molar-refractivity contribution is 7.14. The van der Waals surface area contributed by atoms with Crippen LogP contribution in [0.2, 0.25) is 5.02 Å². The molecule has 0 aliphatic carbocycles. The van der Waals surface area contributed by atoms with Gasteiger partial charge in [-0.15, -0.1) is 22.7 Å². The van der Waals surface area contributed by atoms with Crippen molar-refractivity contribution < 1.29 is 19.1 Å². The lowest BCUT2D eigenvalue weighted by Crippen LogP contribution is -2.24. The normalized spacial score (nSPS) is 10.5. The van der Waals surface area contributed by atoms with Crippen molar-refractivity contribution in [2.24, 2.45) is 0 Å². The second-order valence-electron chi connectivity index (χ2n) is 6.44. The largest absolute Gasteiger partial charge is 0.493 e. The molecule has 164 valence electrons. The standard InChI is InChI=1S/C21H22ClN3O4S2/c1-3-29-20-16(22)7-13(8-17(20)28-2)11-23-18(26)9-14-12-31-21(24-14)25-19(27)10-15-5-4-6-30-15/h4-8,12H,3,9-11H2,1-2H3,(H,23,26)(H,24,25,27). The molecule has 31 heavy (non-hydrogen) atoms. The molecule has 0 radical (unpaired) electrons. The summed E-state index contributed by atoms with van der Waals surface area (Å²) < 4.78 is 10.8. The van der Waals surface area contributed by atoms with E-state index in [4.69, 9.17) is 21.1 Å². The number of hydrogen-bond acceptors (Lipinski definition) is 7. The van der Waals surface area contributed by atoms with E-state index in [1.807, 2.05) is 24.4 Å². The number of methoxy groups -OCH3 is 1. The van der Waals surface area contributed by atoms with Crippen LogP contribution in [0.1, 0.15) is 23.1 Å². The van der Waals surface area contributed by atoms with Gasteiger partial charge in [-0.1, -0.05) is 17.7 Å². The number of nitrogens with zero attached hydrogens (tertiary/aromatic N) is 1. The third kappa shape index (κ3) is 6.68. The molecular weight excluding hydrogens is 458 g/mol. The minimum absolute atomic E-state index is 0.110. The van der Waals surface area contributed by atoms with E-state index < -0.39 is 0 Å². The first-order valence-corrected chi connectivity index (χ1v) is 11.6. The molecule has 2 N–H and O–H groups in total. The van der Waals surface area contributed by atoms with Crippen molar-refractivity contribution in [3.8, 4) is 11.5 Å². The summed E-state index contributed by atoms with van der Waals surface area (Å²) in [4.78, 5) is 29.7. The number of benzene rings is 1. The van der Waals surface area contributed by atoms with E-state index in [0.717, 1.165) is 10.4 Å². The molecule has 1 aromatic carbocycles. The number of carbonyl (C=O) groups is 2. The number of amides is 2.